The van der Waals surface area contributed by atoms with Gasteiger partial charge in [-0.05, 0) is 42.3 Å². The van der Waals surface area contributed by atoms with Crippen LogP contribution in [0.4, 0.5) is 4.39 Å². The predicted molar refractivity (Wildman–Crippen MR) is 89.7 cm³/mol. The summed E-state index contributed by atoms with van der Waals surface area (Å²) >= 11 is 11.9. The van der Waals surface area contributed by atoms with Gasteiger partial charge in [0.05, 0.1) is 22.4 Å². The average molecular weight is 361 g/mol. The van der Waals surface area contributed by atoms with Crippen molar-refractivity contribution in [2.24, 2.45) is 0 Å². The second kappa shape index (κ2) is 7.44. The van der Waals surface area contributed by atoms with Crippen LogP contribution in [0, 0.1) is 5.82 Å². The van der Waals surface area contributed by atoms with Crippen molar-refractivity contribution >= 4 is 34.0 Å². The summed E-state index contributed by atoms with van der Waals surface area (Å²) in [6.07, 6.45) is 0. The van der Waals surface area contributed by atoms with Crippen LogP contribution in [-0.2, 0) is 16.6 Å². The van der Waals surface area contributed by atoms with Crippen LogP contribution < -0.4 is 4.74 Å². The van der Waals surface area contributed by atoms with E-state index in [4.69, 9.17) is 27.9 Å². The number of hydrogen-bond donors (Lipinski definition) is 0. The van der Waals surface area contributed by atoms with E-state index < -0.39 is 16.6 Å². The summed E-state index contributed by atoms with van der Waals surface area (Å²) in [5.41, 5.74) is 1.49. The molecule has 0 radical (unpaired) electrons. The minimum atomic E-state index is -1.21. The van der Waals surface area contributed by atoms with Crippen LogP contribution in [0.25, 0.3) is 0 Å². The molecule has 0 bridgehead atoms. The van der Waals surface area contributed by atoms with Gasteiger partial charge in [0.15, 0.2) is 11.6 Å². The Labute approximate surface area is 141 Å². The lowest BCUT2D eigenvalue weighted by Gasteiger charge is -2.13. The third-order valence-corrected chi connectivity index (χ3v) is 5.75. The quantitative estimate of drug-likeness (QED) is 0.736. The van der Waals surface area contributed by atoms with Gasteiger partial charge in [-0.15, -0.1) is 0 Å². The molecule has 0 aliphatic carbocycles. The van der Waals surface area contributed by atoms with Crippen molar-refractivity contribution in [2.45, 2.75) is 17.9 Å². The van der Waals surface area contributed by atoms with Crippen molar-refractivity contribution in [3.05, 3.63) is 63.4 Å². The molecule has 0 unspecified atom stereocenters. The zero-order valence-electron chi connectivity index (χ0n) is 12.1. The Balaban J connectivity index is 2.14. The molecular formula is C16H15Cl2FO2S. The molecule has 0 amide bonds. The Kier molecular flexibility index (Phi) is 5.84. The van der Waals surface area contributed by atoms with Crippen molar-refractivity contribution in [2.75, 3.05) is 7.11 Å². The first-order chi connectivity index (χ1) is 10.4. The number of methoxy groups -OCH3 is 1. The summed E-state index contributed by atoms with van der Waals surface area (Å²) in [6, 6.07) is 9.78. The molecule has 0 N–H and O–H groups in total. The zero-order chi connectivity index (χ0) is 16.3. The maximum atomic E-state index is 13.7. The highest BCUT2D eigenvalue weighted by molar-refractivity contribution is 7.84. The number of rotatable bonds is 5. The first-order valence-electron chi connectivity index (χ1n) is 6.57. The van der Waals surface area contributed by atoms with Gasteiger partial charge in [-0.1, -0.05) is 35.3 Å². The first kappa shape index (κ1) is 17.3. The highest BCUT2D eigenvalue weighted by Crippen LogP contribution is 2.29. The molecule has 2 aromatic carbocycles. The third kappa shape index (κ3) is 4.00. The number of halogens is 3. The van der Waals surface area contributed by atoms with E-state index in [2.05, 4.69) is 0 Å². The van der Waals surface area contributed by atoms with E-state index in [1.807, 2.05) is 6.92 Å². The van der Waals surface area contributed by atoms with E-state index in [-0.39, 0.29) is 16.8 Å². The lowest BCUT2D eigenvalue weighted by atomic mass is 10.2. The fraction of sp³-hybridized carbons (Fsp3) is 0.250. The molecule has 0 aliphatic rings. The van der Waals surface area contributed by atoms with Crippen LogP contribution >= 0.6 is 23.2 Å². The van der Waals surface area contributed by atoms with Gasteiger partial charge in [-0.2, -0.15) is 0 Å². The topological polar surface area (TPSA) is 26.3 Å². The Bertz CT molecular complexity index is 707. The second-order valence-corrected chi connectivity index (χ2v) is 7.38. The van der Waals surface area contributed by atoms with Crippen LogP contribution in [0.5, 0.6) is 5.75 Å². The van der Waals surface area contributed by atoms with Gasteiger partial charge in [0.2, 0.25) is 0 Å². The molecule has 0 spiro atoms. The van der Waals surface area contributed by atoms with Gasteiger partial charge in [-0.25, -0.2) is 4.39 Å². The number of ether oxygens (including phenoxy) is 1. The lowest BCUT2D eigenvalue weighted by Crippen LogP contribution is -2.06. The second-order valence-electron chi connectivity index (χ2n) is 4.81. The van der Waals surface area contributed by atoms with Crippen molar-refractivity contribution in [3.8, 4) is 5.75 Å². The normalized spacial score (nSPS) is 13.7. The molecule has 0 aromatic heterocycles. The molecule has 6 heteroatoms. The molecule has 2 rings (SSSR count). The summed E-state index contributed by atoms with van der Waals surface area (Å²) < 4.78 is 31.0. The van der Waals surface area contributed by atoms with Crippen LogP contribution in [-0.4, -0.2) is 11.3 Å². The van der Waals surface area contributed by atoms with Crippen molar-refractivity contribution in [3.63, 3.8) is 0 Å². The smallest absolute Gasteiger partial charge is 0.165 e. The van der Waals surface area contributed by atoms with Crippen LogP contribution in [0.2, 0.25) is 10.0 Å². The molecule has 2 aromatic rings. The number of benzene rings is 2. The fourth-order valence-corrected chi connectivity index (χ4v) is 3.52. The van der Waals surface area contributed by atoms with Gasteiger partial charge in [0.1, 0.15) is 0 Å². The predicted octanol–water partition coefficient (Wildman–Crippen LogP) is 5.15. The van der Waals surface area contributed by atoms with Gasteiger partial charge >= 0.3 is 0 Å². The Morgan fingerprint density at radius 2 is 1.91 bits per heavy atom. The first-order valence-corrected chi connectivity index (χ1v) is 8.70. The molecule has 2 nitrogen and oxygen atoms in total. The lowest BCUT2D eigenvalue weighted by molar-refractivity contribution is 0.386. The van der Waals surface area contributed by atoms with E-state index in [1.165, 1.54) is 19.2 Å². The van der Waals surface area contributed by atoms with Crippen LogP contribution in [0.15, 0.2) is 36.4 Å². The van der Waals surface area contributed by atoms with Gasteiger partial charge < -0.3 is 4.74 Å². The van der Waals surface area contributed by atoms with Gasteiger partial charge in [-0.3, -0.25) is 4.21 Å². The molecule has 22 heavy (non-hydrogen) atoms. The van der Waals surface area contributed by atoms with Crippen LogP contribution in [0.1, 0.15) is 23.3 Å². The molecular weight excluding hydrogens is 346 g/mol. The summed E-state index contributed by atoms with van der Waals surface area (Å²) in [5, 5.41) is 0.652. The molecule has 0 saturated carbocycles. The van der Waals surface area contributed by atoms with Gasteiger partial charge in [0.25, 0.3) is 0 Å². The largest absolute Gasteiger partial charge is 0.494 e. The van der Waals surface area contributed by atoms with E-state index in [1.54, 1.807) is 24.3 Å². The van der Waals surface area contributed by atoms with Crippen molar-refractivity contribution in [1.82, 2.24) is 0 Å². The highest BCUT2D eigenvalue weighted by Gasteiger charge is 2.16. The summed E-state index contributed by atoms with van der Waals surface area (Å²) in [5.74, 6) is -0.0336. The molecule has 0 heterocycles. The molecule has 0 fully saturated rings. The van der Waals surface area contributed by atoms with Crippen LogP contribution in [0.3, 0.4) is 0 Å². The molecule has 0 aliphatic heterocycles. The average Bonchev–Trinajstić information content (AvgIpc) is 2.49. The molecule has 118 valence electrons. The summed E-state index contributed by atoms with van der Waals surface area (Å²) in [6.45, 7) is 1.84. The SMILES string of the molecule is COc1ccc(C[S@](=O)[C@H](C)c2ccc(Cl)c(Cl)c2)cc1F. The number of hydrogen-bond acceptors (Lipinski definition) is 2. The van der Waals surface area contributed by atoms with Crippen molar-refractivity contribution < 1.29 is 13.3 Å². The minimum absolute atomic E-state index is 0.173. The fourth-order valence-electron chi connectivity index (χ4n) is 2.01. The monoisotopic (exact) mass is 360 g/mol. The zero-order valence-corrected chi connectivity index (χ0v) is 14.4. The third-order valence-electron chi connectivity index (χ3n) is 3.33. The van der Waals surface area contributed by atoms with E-state index in [9.17, 15) is 8.60 Å². The van der Waals surface area contributed by atoms with E-state index >= 15 is 0 Å². The standard InChI is InChI=1S/C16H15Cl2FO2S/c1-10(12-4-5-13(17)14(18)8-12)22(20)9-11-3-6-16(21-2)15(19)7-11/h3-8,10H,9H2,1-2H3/t10-,22+/m1/s1. The Hall–Kier alpha value is -1.10. The maximum Gasteiger partial charge on any atom is 0.165 e. The van der Waals surface area contributed by atoms with Gasteiger partial charge in [0, 0.05) is 16.6 Å². The maximum absolute atomic E-state index is 13.7. The Morgan fingerprint density at radius 3 is 2.50 bits per heavy atom. The van der Waals surface area contributed by atoms with E-state index in [0.717, 1.165) is 5.56 Å². The Morgan fingerprint density at radius 1 is 1.18 bits per heavy atom. The van der Waals surface area contributed by atoms with E-state index in [0.29, 0.717) is 15.6 Å². The van der Waals surface area contributed by atoms with Crippen molar-refractivity contribution in [1.29, 1.82) is 0 Å². The highest BCUT2D eigenvalue weighted by atomic mass is 35.5. The molecule has 0 saturated heterocycles. The molecule has 2 atom stereocenters. The minimum Gasteiger partial charge on any atom is -0.494 e. The summed E-state index contributed by atoms with van der Waals surface area (Å²) in [4.78, 5) is 0. The summed E-state index contributed by atoms with van der Waals surface area (Å²) in [7, 11) is 0.198.